The molecular formula is C28H25Cl4N11O2. The summed E-state index contributed by atoms with van der Waals surface area (Å²) in [5.41, 5.74) is 2.83. The van der Waals surface area contributed by atoms with E-state index >= 15 is 0 Å². The van der Waals surface area contributed by atoms with Crippen molar-refractivity contribution in [2.45, 2.75) is 26.2 Å². The van der Waals surface area contributed by atoms with Crippen LogP contribution < -0.4 is 27.1 Å². The second kappa shape index (κ2) is 13.5. The zero-order chi connectivity index (χ0) is 31.5. The molecule has 0 saturated carbocycles. The Morgan fingerprint density at radius 2 is 1.09 bits per heavy atom. The van der Waals surface area contributed by atoms with Crippen LogP contribution >= 0.6 is 46.4 Å². The molecule has 5 N–H and O–H groups in total. The van der Waals surface area contributed by atoms with Gasteiger partial charge in [0.25, 0.3) is 11.1 Å². The van der Waals surface area contributed by atoms with E-state index in [0.717, 1.165) is 11.1 Å². The van der Waals surface area contributed by atoms with Gasteiger partial charge in [0.2, 0.25) is 11.9 Å². The highest BCUT2D eigenvalue weighted by atomic mass is 35.5. The third-order valence-corrected chi connectivity index (χ3v) is 8.37. The van der Waals surface area contributed by atoms with Gasteiger partial charge in [-0.15, -0.1) is 0 Å². The molecule has 6 aromatic rings. The minimum Gasteiger partial charge on any atom is -0.352 e. The molecule has 0 radical (unpaired) electrons. The second-order valence-electron chi connectivity index (χ2n) is 9.99. The molecule has 0 unspecified atom stereocenters. The zero-order valence-electron chi connectivity index (χ0n) is 23.4. The molecule has 0 aliphatic heterocycles. The van der Waals surface area contributed by atoms with Crippen molar-refractivity contribution in [3.8, 4) is 0 Å². The van der Waals surface area contributed by atoms with E-state index in [-0.39, 0.29) is 11.1 Å². The van der Waals surface area contributed by atoms with E-state index in [1.807, 2.05) is 12.1 Å². The number of fused-ring (bicyclic) bond motifs is 2. The number of halogens is 4. The van der Waals surface area contributed by atoms with Crippen LogP contribution in [0.5, 0.6) is 0 Å². The number of aromatic nitrogens is 8. The summed E-state index contributed by atoms with van der Waals surface area (Å²) in [6.07, 6.45) is 3.11. The molecule has 6 rings (SSSR count). The van der Waals surface area contributed by atoms with Crippen molar-refractivity contribution in [1.29, 1.82) is 0 Å². The maximum atomic E-state index is 12.8. The van der Waals surface area contributed by atoms with Gasteiger partial charge in [-0.2, -0.15) is 10.2 Å². The molecule has 4 aromatic heterocycles. The predicted molar refractivity (Wildman–Crippen MR) is 177 cm³/mol. The highest BCUT2D eigenvalue weighted by Crippen LogP contribution is 2.24. The summed E-state index contributed by atoms with van der Waals surface area (Å²) < 4.78 is 3.20. The fourth-order valence-corrected chi connectivity index (χ4v) is 5.33. The van der Waals surface area contributed by atoms with Crippen LogP contribution in [0.4, 0.5) is 11.9 Å². The van der Waals surface area contributed by atoms with E-state index in [9.17, 15) is 9.59 Å². The van der Waals surface area contributed by atoms with Crippen molar-refractivity contribution in [2.24, 2.45) is 0 Å². The van der Waals surface area contributed by atoms with E-state index in [4.69, 9.17) is 46.4 Å². The molecule has 0 spiro atoms. The molecule has 232 valence electrons. The molecule has 0 aliphatic rings. The highest BCUT2D eigenvalue weighted by molar-refractivity contribution is 6.42. The number of anilines is 2. The summed E-state index contributed by atoms with van der Waals surface area (Å²) in [7, 11) is 0. The van der Waals surface area contributed by atoms with Crippen LogP contribution in [0.2, 0.25) is 20.1 Å². The number of hydrogen-bond acceptors (Lipinski definition) is 9. The van der Waals surface area contributed by atoms with Gasteiger partial charge < -0.3 is 16.0 Å². The number of nitrogens with zero attached hydrogens (tertiary/aromatic N) is 6. The van der Waals surface area contributed by atoms with Gasteiger partial charge in [-0.1, -0.05) is 58.5 Å². The lowest BCUT2D eigenvalue weighted by molar-refractivity contribution is 0.526. The number of rotatable bonds is 12. The Labute approximate surface area is 274 Å². The largest absolute Gasteiger partial charge is 0.352 e. The Bertz CT molecular complexity index is 1970. The Balaban J connectivity index is 1.01. The Morgan fingerprint density at radius 3 is 1.51 bits per heavy atom. The molecule has 0 saturated heterocycles. The van der Waals surface area contributed by atoms with Gasteiger partial charge in [-0.25, -0.2) is 9.97 Å². The smallest absolute Gasteiger partial charge is 0.278 e. The number of aromatic amines is 2. The van der Waals surface area contributed by atoms with Crippen molar-refractivity contribution in [1.82, 2.24) is 44.8 Å². The van der Waals surface area contributed by atoms with Crippen LogP contribution in [-0.2, 0) is 26.2 Å². The molecule has 2 aromatic carbocycles. The van der Waals surface area contributed by atoms with Gasteiger partial charge in [0, 0.05) is 26.2 Å². The molecule has 0 aliphatic carbocycles. The van der Waals surface area contributed by atoms with E-state index in [1.165, 1.54) is 0 Å². The number of H-pyrrole nitrogens is 2. The lowest BCUT2D eigenvalue weighted by Gasteiger charge is -2.09. The molecule has 0 fully saturated rings. The Hall–Kier alpha value is -4.14. The maximum absolute atomic E-state index is 12.8. The first-order chi connectivity index (χ1) is 21.7. The van der Waals surface area contributed by atoms with Crippen molar-refractivity contribution < 1.29 is 0 Å². The van der Waals surface area contributed by atoms with Crippen molar-refractivity contribution >= 4 is 80.4 Å². The van der Waals surface area contributed by atoms with Crippen LogP contribution in [0.15, 0.2) is 58.4 Å². The normalized spacial score (nSPS) is 11.5. The standard InChI is InChI=1S/C28H25Cl4N11O2/c29-17-3-1-15(9-19(17)31)11-34-27-38-21-13-36-42(23(21)25(44)40-27)7-5-33-6-8-43-24-22(14-37-43)39-28(41-26(24)45)35-12-16-2-4-18(30)20(32)10-16/h1-4,9-10,13-14,33H,5-8,11-12H2,(H2,34,38,40,44)(H2,35,39,41,45). The summed E-state index contributed by atoms with van der Waals surface area (Å²) in [6.45, 7) is 2.69. The van der Waals surface area contributed by atoms with E-state index in [1.54, 1.807) is 46.0 Å². The van der Waals surface area contributed by atoms with Gasteiger partial charge in [-0.05, 0) is 35.4 Å². The lowest BCUT2D eigenvalue weighted by Crippen LogP contribution is -2.26. The predicted octanol–water partition coefficient (Wildman–Crippen LogP) is 4.68. The first-order valence-electron chi connectivity index (χ1n) is 13.7. The van der Waals surface area contributed by atoms with Gasteiger partial charge >= 0.3 is 0 Å². The molecule has 0 atom stereocenters. The van der Waals surface area contributed by atoms with Crippen LogP contribution in [0.25, 0.3) is 22.1 Å². The SMILES string of the molecule is O=c1[nH]c(NCc2ccc(Cl)c(Cl)c2)nc2cnn(CCNCCn3ncc4nc(NCc5ccc(Cl)c(Cl)c5)[nH]c(=O)c43)c12. The third-order valence-electron chi connectivity index (χ3n) is 6.89. The molecule has 0 bridgehead atoms. The molecular weight excluding hydrogens is 664 g/mol. The van der Waals surface area contributed by atoms with E-state index in [0.29, 0.717) is 93.3 Å². The Morgan fingerprint density at radius 1 is 0.644 bits per heavy atom. The molecule has 17 heteroatoms. The van der Waals surface area contributed by atoms with Crippen molar-refractivity contribution in [3.63, 3.8) is 0 Å². The number of nitrogens with one attached hydrogen (secondary N) is 5. The van der Waals surface area contributed by atoms with Gasteiger partial charge in [-0.3, -0.25) is 28.9 Å². The van der Waals surface area contributed by atoms with E-state index in [2.05, 4.69) is 46.1 Å². The summed E-state index contributed by atoms with van der Waals surface area (Å²) in [5.74, 6) is 0.642. The zero-order valence-corrected chi connectivity index (χ0v) is 26.4. The topological polar surface area (TPSA) is 163 Å². The lowest BCUT2D eigenvalue weighted by atomic mass is 10.2. The average molecular weight is 689 g/mol. The van der Waals surface area contributed by atoms with Gasteiger partial charge in [0.1, 0.15) is 11.0 Å². The third kappa shape index (κ3) is 7.08. The first kappa shape index (κ1) is 30.9. The molecule has 45 heavy (non-hydrogen) atoms. The van der Waals surface area contributed by atoms with Crippen LogP contribution in [0, 0.1) is 0 Å². The van der Waals surface area contributed by atoms with Crippen LogP contribution in [-0.4, -0.2) is 52.6 Å². The van der Waals surface area contributed by atoms with E-state index < -0.39 is 0 Å². The second-order valence-corrected chi connectivity index (χ2v) is 11.6. The summed E-state index contributed by atoms with van der Waals surface area (Å²) in [6, 6.07) is 10.6. The first-order valence-corrected chi connectivity index (χ1v) is 15.2. The fraction of sp³-hybridized carbons (Fsp3) is 0.214. The molecule has 13 nitrogen and oxygen atoms in total. The van der Waals surface area contributed by atoms with Crippen molar-refractivity contribution in [2.75, 3.05) is 23.7 Å². The van der Waals surface area contributed by atoms with Gasteiger partial charge in [0.05, 0.1) is 45.6 Å². The highest BCUT2D eigenvalue weighted by Gasteiger charge is 2.13. The summed E-state index contributed by atoms with van der Waals surface area (Å²) >= 11 is 24.1. The minimum atomic E-state index is -0.310. The molecule has 0 amide bonds. The average Bonchev–Trinajstić information content (AvgIpc) is 3.63. The number of benzene rings is 2. The van der Waals surface area contributed by atoms with Gasteiger partial charge in [0.15, 0.2) is 11.0 Å². The fourth-order valence-electron chi connectivity index (χ4n) is 4.68. The summed E-state index contributed by atoms with van der Waals surface area (Å²) in [5, 5.41) is 20.0. The summed E-state index contributed by atoms with van der Waals surface area (Å²) in [4.78, 5) is 40.1. The molecule has 4 heterocycles. The maximum Gasteiger partial charge on any atom is 0.278 e. The van der Waals surface area contributed by atoms with Crippen molar-refractivity contribution in [3.05, 3.63) is 101 Å². The quantitative estimate of drug-likeness (QED) is 0.115. The van der Waals surface area contributed by atoms with Crippen LogP contribution in [0.1, 0.15) is 11.1 Å². The minimum absolute atomic E-state index is 0.310. The van der Waals surface area contributed by atoms with Crippen LogP contribution in [0.3, 0.4) is 0 Å². The monoisotopic (exact) mass is 687 g/mol. The number of hydrogen-bond donors (Lipinski definition) is 5. The Kier molecular flexibility index (Phi) is 9.24.